The summed E-state index contributed by atoms with van der Waals surface area (Å²) in [6, 6.07) is 1.79. The fourth-order valence-corrected chi connectivity index (χ4v) is 2.04. The number of likely N-dealkylation sites (N-methyl/N-ethyl adjacent to an activating group) is 2. The lowest BCUT2D eigenvalue weighted by atomic mass is 10.2. The van der Waals surface area contributed by atoms with Gasteiger partial charge in [-0.05, 0) is 14.0 Å². The molecule has 0 aromatic carbocycles. The van der Waals surface area contributed by atoms with Crippen LogP contribution in [0.5, 0.6) is 0 Å². The number of amides is 1. The van der Waals surface area contributed by atoms with Crippen LogP contribution in [0.3, 0.4) is 0 Å². The van der Waals surface area contributed by atoms with Gasteiger partial charge in [0.05, 0.1) is 31.2 Å². The average Bonchev–Trinajstić information content (AvgIpc) is 2.41. The summed E-state index contributed by atoms with van der Waals surface area (Å²) in [5.74, 6) is 0.0133. The van der Waals surface area contributed by atoms with Crippen molar-refractivity contribution >= 4 is 5.91 Å². The molecule has 1 heterocycles. The van der Waals surface area contributed by atoms with E-state index in [4.69, 9.17) is 10.00 Å². The molecule has 0 aromatic rings. The highest BCUT2D eigenvalue weighted by Crippen LogP contribution is 2.02. The summed E-state index contributed by atoms with van der Waals surface area (Å²) in [4.78, 5) is 15.8. The minimum atomic E-state index is -0.250. The predicted octanol–water partition coefficient (Wildman–Crippen LogP) is -0.333. The lowest BCUT2D eigenvalue weighted by molar-refractivity contribution is -0.131. The standard InChI is InChI=1S/C13H24N4O2/c1-11(13(18)17(3)6-4-5-14)15-9-12-10-16(2)7-8-19-12/h11-12,15H,4,6-10H2,1-3H3/t11-,12+/m1/s1. The molecule has 108 valence electrons. The Morgan fingerprint density at radius 3 is 3.05 bits per heavy atom. The van der Waals surface area contributed by atoms with Crippen LogP contribution in [-0.4, -0.2) is 74.7 Å². The van der Waals surface area contributed by atoms with E-state index in [0.717, 1.165) is 19.7 Å². The molecule has 1 aliphatic heterocycles. The van der Waals surface area contributed by atoms with Crippen molar-refractivity contribution in [1.82, 2.24) is 15.1 Å². The van der Waals surface area contributed by atoms with Crippen molar-refractivity contribution in [3.63, 3.8) is 0 Å². The molecule has 0 aromatic heterocycles. The SMILES string of the molecule is C[C@@H](NC[C@H]1CN(C)CCO1)C(=O)N(C)CCC#N. The Morgan fingerprint density at radius 2 is 2.42 bits per heavy atom. The molecule has 0 saturated carbocycles. The maximum Gasteiger partial charge on any atom is 0.239 e. The lowest BCUT2D eigenvalue weighted by Gasteiger charge is -2.31. The first-order chi connectivity index (χ1) is 9.04. The first-order valence-corrected chi connectivity index (χ1v) is 6.70. The molecular weight excluding hydrogens is 244 g/mol. The maximum absolute atomic E-state index is 12.0. The monoisotopic (exact) mass is 268 g/mol. The Bertz CT molecular complexity index is 329. The van der Waals surface area contributed by atoms with Gasteiger partial charge in [-0.3, -0.25) is 4.79 Å². The topological polar surface area (TPSA) is 68.6 Å². The van der Waals surface area contributed by atoms with Gasteiger partial charge in [-0.15, -0.1) is 0 Å². The molecule has 0 bridgehead atoms. The van der Waals surface area contributed by atoms with Crippen molar-refractivity contribution in [2.75, 3.05) is 46.9 Å². The van der Waals surface area contributed by atoms with Gasteiger partial charge in [0.15, 0.2) is 0 Å². The summed E-state index contributed by atoms with van der Waals surface area (Å²) < 4.78 is 5.63. The molecule has 1 N–H and O–H groups in total. The molecule has 1 aliphatic rings. The number of morpholine rings is 1. The van der Waals surface area contributed by atoms with Crippen LogP contribution in [0, 0.1) is 11.3 Å². The fraction of sp³-hybridized carbons (Fsp3) is 0.846. The Morgan fingerprint density at radius 1 is 1.68 bits per heavy atom. The van der Waals surface area contributed by atoms with Gasteiger partial charge in [0, 0.05) is 33.2 Å². The van der Waals surface area contributed by atoms with E-state index in [1.54, 1.807) is 11.9 Å². The second-order valence-corrected chi connectivity index (χ2v) is 5.05. The molecule has 0 unspecified atom stereocenters. The Balaban J connectivity index is 2.28. The van der Waals surface area contributed by atoms with Crippen LogP contribution in [-0.2, 0) is 9.53 Å². The number of ether oxygens (including phenoxy) is 1. The van der Waals surface area contributed by atoms with Crippen LogP contribution < -0.4 is 5.32 Å². The van der Waals surface area contributed by atoms with Crippen molar-refractivity contribution < 1.29 is 9.53 Å². The van der Waals surface area contributed by atoms with Crippen molar-refractivity contribution in [2.45, 2.75) is 25.5 Å². The number of nitrogens with zero attached hydrogens (tertiary/aromatic N) is 3. The first-order valence-electron chi connectivity index (χ1n) is 6.70. The van der Waals surface area contributed by atoms with E-state index in [1.807, 2.05) is 13.0 Å². The molecule has 19 heavy (non-hydrogen) atoms. The van der Waals surface area contributed by atoms with Gasteiger partial charge in [0.2, 0.25) is 5.91 Å². The summed E-state index contributed by atoms with van der Waals surface area (Å²) in [5, 5.41) is 11.7. The van der Waals surface area contributed by atoms with Gasteiger partial charge in [-0.25, -0.2) is 0 Å². The van der Waals surface area contributed by atoms with Crippen molar-refractivity contribution in [2.24, 2.45) is 0 Å². The molecule has 0 aliphatic carbocycles. The van der Waals surface area contributed by atoms with Gasteiger partial charge in [-0.2, -0.15) is 5.26 Å². The smallest absolute Gasteiger partial charge is 0.239 e. The van der Waals surface area contributed by atoms with Crippen LogP contribution in [0.25, 0.3) is 0 Å². The van der Waals surface area contributed by atoms with Crippen molar-refractivity contribution in [3.05, 3.63) is 0 Å². The number of carbonyl (C=O) groups is 1. The molecule has 1 fully saturated rings. The van der Waals surface area contributed by atoms with E-state index >= 15 is 0 Å². The van der Waals surface area contributed by atoms with Crippen LogP contribution in [0.15, 0.2) is 0 Å². The third-order valence-corrected chi connectivity index (χ3v) is 3.30. The van der Waals surface area contributed by atoms with Crippen LogP contribution in [0.2, 0.25) is 0 Å². The van der Waals surface area contributed by atoms with E-state index in [0.29, 0.717) is 19.5 Å². The fourth-order valence-electron chi connectivity index (χ4n) is 2.04. The molecular formula is C13H24N4O2. The van der Waals surface area contributed by atoms with E-state index in [1.165, 1.54) is 0 Å². The summed E-state index contributed by atoms with van der Waals surface area (Å²) in [7, 11) is 3.79. The van der Waals surface area contributed by atoms with Gasteiger partial charge in [0.25, 0.3) is 0 Å². The summed E-state index contributed by atoms with van der Waals surface area (Å²) in [6.45, 7) is 5.58. The Labute approximate surface area is 115 Å². The zero-order valence-corrected chi connectivity index (χ0v) is 12.1. The zero-order valence-electron chi connectivity index (χ0n) is 12.1. The van der Waals surface area contributed by atoms with E-state index in [9.17, 15) is 4.79 Å². The maximum atomic E-state index is 12.0. The number of hydrogen-bond donors (Lipinski definition) is 1. The van der Waals surface area contributed by atoms with E-state index < -0.39 is 0 Å². The van der Waals surface area contributed by atoms with Crippen LogP contribution in [0.1, 0.15) is 13.3 Å². The highest BCUT2D eigenvalue weighted by Gasteiger charge is 2.21. The molecule has 0 spiro atoms. The average molecular weight is 268 g/mol. The minimum Gasteiger partial charge on any atom is -0.374 e. The van der Waals surface area contributed by atoms with Crippen LogP contribution in [0.4, 0.5) is 0 Å². The molecule has 1 rings (SSSR count). The number of rotatable bonds is 6. The third kappa shape index (κ3) is 5.55. The highest BCUT2D eigenvalue weighted by atomic mass is 16.5. The summed E-state index contributed by atoms with van der Waals surface area (Å²) in [5.41, 5.74) is 0. The normalized spacial score (nSPS) is 21.7. The molecule has 6 heteroatoms. The van der Waals surface area contributed by atoms with Crippen molar-refractivity contribution in [3.8, 4) is 6.07 Å². The first kappa shape index (κ1) is 15.9. The highest BCUT2D eigenvalue weighted by molar-refractivity contribution is 5.81. The zero-order chi connectivity index (χ0) is 14.3. The van der Waals surface area contributed by atoms with E-state index in [-0.39, 0.29) is 18.1 Å². The number of carbonyl (C=O) groups excluding carboxylic acids is 1. The molecule has 1 amide bonds. The Hall–Kier alpha value is -1.16. The molecule has 2 atom stereocenters. The lowest BCUT2D eigenvalue weighted by Crippen LogP contribution is -2.50. The molecule has 6 nitrogen and oxygen atoms in total. The largest absolute Gasteiger partial charge is 0.374 e. The Kier molecular flexibility index (Phi) is 6.78. The second-order valence-electron chi connectivity index (χ2n) is 5.05. The second kappa shape index (κ2) is 8.10. The van der Waals surface area contributed by atoms with E-state index in [2.05, 4.69) is 17.3 Å². The minimum absolute atomic E-state index is 0.0133. The quantitative estimate of drug-likeness (QED) is 0.714. The summed E-state index contributed by atoms with van der Waals surface area (Å²) >= 11 is 0. The van der Waals surface area contributed by atoms with Crippen LogP contribution >= 0.6 is 0 Å². The number of nitriles is 1. The predicted molar refractivity (Wildman–Crippen MR) is 72.6 cm³/mol. The summed E-state index contributed by atoms with van der Waals surface area (Å²) in [6.07, 6.45) is 0.504. The molecule has 0 radical (unpaired) electrons. The van der Waals surface area contributed by atoms with Crippen molar-refractivity contribution in [1.29, 1.82) is 5.26 Å². The molecule has 1 saturated heterocycles. The number of nitrogens with one attached hydrogen (secondary N) is 1. The van der Waals surface area contributed by atoms with Gasteiger partial charge in [-0.1, -0.05) is 0 Å². The number of hydrogen-bond acceptors (Lipinski definition) is 5. The van der Waals surface area contributed by atoms with Gasteiger partial charge in [0.1, 0.15) is 0 Å². The van der Waals surface area contributed by atoms with Gasteiger partial charge >= 0.3 is 0 Å². The van der Waals surface area contributed by atoms with Gasteiger partial charge < -0.3 is 19.9 Å². The third-order valence-electron chi connectivity index (χ3n) is 3.30.